The molecular weight excluding hydrogens is 344 g/mol. The second-order valence-corrected chi connectivity index (χ2v) is 5.94. The minimum Gasteiger partial charge on any atom is -0.319 e. The fourth-order valence-corrected chi connectivity index (χ4v) is 2.66. The summed E-state index contributed by atoms with van der Waals surface area (Å²) in [5.74, 6) is -2.92. The number of Topliss-reactive ketones (excluding diaryl/α,β-unsaturated/α-hetero) is 2. The van der Waals surface area contributed by atoms with Crippen LogP contribution in [0, 0.1) is 0 Å². The Hall–Kier alpha value is -3.28. The van der Waals surface area contributed by atoms with Crippen LogP contribution < -0.4 is 10.6 Å². The molecule has 0 aromatic heterocycles. The van der Waals surface area contributed by atoms with E-state index in [9.17, 15) is 19.2 Å². The molecule has 0 radical (unpaired) electrons. The molecule has 0 aliphatic carbocycles. The second kappa shape index (κ2) is 8.89. The number of amides is 2. The van der Waals surface area contributed by atoms with Crippen molar-refractivity contribution < 1.29 is 19.2 Å². The van der Waals surface area contributed by atoms with Crippen LogP contribution in [0.5, 0.6) is 0 Å². The van der Waals surface area contributed by atoms with E-state index in [1.54, 1.807) is 74.5 Å². The van der Waals surface area contributed by atoms with Crippen LogP contribution in [0.15, 0.2) is 60.7 Å². The lowest BCUT2D eigenvalue weighted by atomic mass is 9.90. The van der Waals surface area contributed by atoms with Crippen LogP contribution >= 0.6 is 0 Å². The van der Waals surface area contributed by atoms with E-state index in [1.807, 2.05) is 0 Å². The van der Waals surface area contributed by atoms with Gasteiger partial charge in [-0.25, -0.2) is 0 Å². The summed E-state index contributed by atoms with van der Waals surface area (Å²) in [7, 11) is 0. The summed E-state index contributed by atoms with van der Waals surface area (Å²) in [5.41, 5.74) is -0.511. The first-order chi connectivity index (χ1) is 12.9. The second-order valence-electron chi connectivity index (χ2n) is 5.94. The molecule has 0 atom stereocenters. The van der Waals surface area contributed by atoms with E-state index in [1.165, 1.54) is 0 Å². The summed E-state index contributed by atoms with van der Waals surface area (Å²) in [6.45, 7) is 3.15. The van der Waals surface area contributed by atoms with Gasteiger partial charge in [-0.15, -0.1) is 0 Å². The van der Waals surface area contributed by atoms with Crippen molar-refractivity contribution in [3.05, 3.63) is 71.8 Å². The SMILES string of the molecule is CCC(=O)C(=O)NC(NC(=O)C(=O)CC)(c1ccccc1)c1ccccc1. The zero-order valence-electron chi connectivity index (χ0n) is 15.3. The number of ketones is 2. The smallest absolute Gasteiger partial charge is 0.289 e. The first-order valence-corrected chi connectivity index (χ1v) is 8.76. The highest BCUT2D eigenvalue weighted by atomic mass is 16.2. The Bertz CT molecular complexity index is 760. The maximum absolute atomic E-state index is 12.5. The van der Waals surface area contributed by atoms with Crippen molar-refractivity contribution in [1.82, 2.24) is 10.6 Å². The molecular formula is C21H22N2O4. The number of rotatable bonds is 8. The zero-order chi connectivity index (χ0) is 19.9. The lowest BCUT2D eigenvalue weighted by Crippen LogP contribution is -2.61. The Balaban J connectivity index is 2.65. The summed E-state index contributed by atoms with van der Waals surface area (Å²) < 4.78 is 0. The highest BCUT2D eigenvalue weighted by molar-refractivity contribution is 6.37. The molecule has 27 heavy (non-hydrogen) atoms. The van der Waals surface area contributed by atoms with E-state index in [0.717, 1.165) is 0 Å². The van der Waals surface area contributed by atoms with Gasteiger partial charge in [0, 0.05) is 24.0 Å². The van der Waals surface area contributed by atoms with Crippen molar-refractivity contribution >= 4 is 23.4 Å². The molecule has 6 nitrogen and oxygen atoms in total. The fourth-order valence-electron chi connectivity index (χ4n) is 2.66. The predicted octanol–water partition coefficient (Wildman–Crippen LogP) is 2.08. The minimum atomic E-state index is -1.55. The number of carbonyl (C=O) groups is 4. The third-order valence-electron chi connectivity index (χ3n) is 4.16. The van der Waals surface area contributed by atoms with Gasteiger partial charge in [-0.1, -0.05) is 74.5 Å². The molecule has 0 spiro atoms. The van der Waals surface area contributed by atoms with Crippen LogP contribution in [0.25, 0.3) is 0 Å². The molecule has 0 saturated carbocycles. The summed E-state index contributed by atoms with van der Waals surface area (Å²) in [4.78, 5) is 48.8. The first-order valence-electron chi connectivity index (χ1n) is 8.76. The summed E-state index contributed by atoms with van der Waals surface area (Å²) in [6.07, 6.45) is 0.0423. The van der Waals surface area contributed by atoms with Gasteiger partial charge < -0.3 is 10.6 Å². The molecule has 2 rings (SSSR count). The lowest BCUT2D eigenvalue weighted by Gasteiger charge is -2.36. The number of benzene rings is 2. The average Bonchev–Trinajstić information content (AvgIpc) is 2.72. The Morgan fingerprint density at radius 1 is 0.667 bits per heavy atom. The van der Waals surface area contributed by atoms with Gasteiger partial charge in [-0.05, 0) is 0 Å². The summed E-state index contributed by atoms with van der Waals surface area (Å²) in [5, 5.41) is 5.30. The van der Waals surface area contributed by atoms with Gasteiger partial charge >= 0.3 is 0 Å². The fraction of sp³-hybridized carbons (Fsp3) is 0.238. The molecule has 0 fully saturated rings. The van der Waals surface area contributed by atoms with Crippen molar-refractivity contribution in [3.8, 4) is 0 Å². The molecule has 2 amide bonds. The van der Waals surface area contributed by atoms with Gasteiger partial charge in [0.2, 0.25) is 11.6 Å². The molecule has 0 aliphatic heterocycles. The first kappa shape index (κ1) is 20.0. The standard InChI is InChI=1S/C21H22N2O4/c1-3-17(24)19(26)22-21(15-11-7-5-8-12-15,16-13-9-6-10-14-16)23-20(27)18(25)4-2/h5-14H,3-4H2,1-2H3,(H,22,26)(H,23,27). The molecule has 140 valence electrons. The quantitative estimate of drug-likeness (QED) is 0.553. The van der Waals surface area contributed by atoms with Crippen LogP contribution in [0.4, 0.5) is 0 Å². The molecule has 0 bridgehead atoms. The molecule has 0 saturated heterocycles. The predicted molar refractivity (Wildman–Crippen MR) is 101 cm³/mol. The molecule has 2 aromatic rings. The lowest BCUT2D eigenvalue weighted by molar-refractivity contribution is -0.141. The summed E-state index contributed by atoms with van der Waals surface area (Å²) >= 11 is 0. The van der Waals surface area contributed by atoms with Crippen molar-refractivity contribution in [2.75, 3.05) is 0 Å². The largest absolute Gasteiger partial charge is 0.319 e. The molecule has 0 heterocycles. The normalized spacial score (nSPS) is 10.7. The van der Waals surface area contributed by atoms with Crippen LogP contribution in [-0.4, -0.2) is 23.4 Å². The monoisotopic (exact) mass is 366 g/mol. The maximum Gasteiger partial charge on any atom is 0.289 e. The highest BCUT2D eigenvalue weighted by Crippen LogP contribution is 2.27. The Morgan fingerprint density at radius 3 is 1.30 bits per heavy atom. The average molecular weight is 366 g/mol. The molecule has 0 aliphatic rings. The molecule has 2 N–H and O–H groups in total. The van der Waals surface area contributed by atoms with Crippen LogP contribution in [-0.2, 0) is 24.8 Å². The number of nitrogens with one attached hydrogen (secondary N) is 2. The maximum atomic E-state index is 12.5. The van der Waals surface area contributed by atoms with E-state index >= 15 is 0 Å². The van der Waals surface area contributed by atoms with E-state index < -0.39 is 29.0 Å². The third kappa shape index (κ3) is 4.47. The van der Waals surface area contributed by atoms with E-state index in [-0.39, 0.29) is 12.8 Å². The van der Waals surface area contributed by atoms with Crippen molar-refractivity contribution in [3.63, 3.8) is 0 Å². The van der Waals surface area contributed by atoms with Crippen LogP contribution in [0.2, 0.25) is 0 Å². The third-order valence-corrected chi connectivity index (χ3v) is 4.16. The van der Waals surface area contributed by atoms with E-state index in [2.05, 4.69) is 10.6 Å². The van der Waals surface area contributed by atoms with Crippen LogP contribution in [0.3, 0.4) is 0 Å². The number of carbonyl (C=O) groups excluding carboxylic acids is 4. The Morgan fingerprint density at radius 2 is 1.00 bits per heavy atom. The van der Waals surface area contributed by atoms with Crippen molar-refractivity contribution in [1.29, 1.82) is 0 Å². The van der Waals surface area contributed by atoms with Gasteiger partial charge in [-0.2, -0.15) is 0 Å². The van der Waals surface area contributed by atoms with Gasteiger partial charge in [0.1, 0.15) is 0 Å². The molecule has 2 aromatic carbocycles. The Kier molecular flexibility index (Phi) is 6.60. The van der Waals surface area contributed by atoms with E-state index in [0.29, 0.717) is 11.1 Å². The number of hydrogen-bond donors (Lipinski definition) is 2. The van der Waals surface area contributed by atoms with E-state index in [4.69, 9.17) is 0 Å². The van der Waals surface area contributed by atoms with Gasteiger partial charge in [0.15, 0.2) is 5.66 Å². The van der Waals surface area contributed by atoms with Crippen molar-refractivity contribution in [2.45, 2.75) is 32.4 Å². The van der Waals surface area contributed by atoms with Crippen molar-refractivity contribution in [2.24, 2.45) is 0 Å². The molecule has 0 unspecified atom stereocenters. The molecule has 6 heteroatoms. The van der Waals surface area contributed by atoms with Crippen LogP contribution in [0.1, 0.15) is 37.8 Å². The number of hydrogen-bond acceptors (Lipinski definition) is 4. The van der Waals surface area contributed by atoms with Gasteiger partial charge in [0.05, 0.1) is 0 Å². The highest BCUT2D eigenvalue weighted by Gasteiger charge is 2.39. The topological polar surface area (TPSA) is 92.3 Å². The zero-order valence-corrected chi connectivity index (χ0v) is 15.3. The summed E-state index contributed by atoms with van der Waals surface area (Å²) in [6, 6.07) is 17.4. The minimum absolute atomic E-state index is 0.0212. The Labute approximate surface area is 158 Å². The van der Waals surface area contributed by atoms with Gasteiger partial charge in [0.25, 0.3) is 11.8 Å². The van der Waals surface area contributed by atoms with Gasteiger partial charge in [-0.3, -0.25) is 19.2 Å².